The molecule has 0 heterocycles. The highest BCUT2D eigenvalue weighted by atomic mass is 16.4. The molecule has 5 heavy (non-hydrogen) atoms. The highest BCUT2D eigenvalue weighted by Crippen LogP contribution is 1.46. The van der Waals surface area contributed by atoms with E-state index in [1.54, 1.807) is 0 Å². The molecule has 0 aromatic carbocycles. The van der Waals surface area contributed by atoms with Crippen molar-refractivity contribution < 1.29 is 9.90 Å². The van der Waals surface area contributed by atoms with Crippen molar-refractivity contribution in [1.29, 1.82) is 0 Å². The van der Waals surface area contributed by atoms with Crippen molar-refractivity contribution in [3.8, 4) is 0 Å². The average molecular weight is 75.0 g/mol. The first-order valence-electron chi connectivity index (χ1n) is 0.910. The first-order valence-corrected chi connectivity index (χ1v) is 0.910. The van der Waals surface area contributed by atoms with Crippen molar-refractivity contribution in [1.82, 2.24) is 5.43 Å². The van der Waals surface area contributed by atoms with Gasteiger partial charge < -0.3 is 5.11 Å². The molecular weight excluding hydrogens is 72.0 g/mol. The van der Waals surface area contributed by atoms with E-state index >= 15 is 0 Å². The Morgan fingerprint density at radius 2 is 2.20 bits per heavy atom. The van der Waals surface area contributed by atoms with Gasteiger partial charge >= 0.3 is 6.09 Å². The van der Waals surface area contributed by atoms with E-state index in [0.29, 0.717) is 0 Å². The Morgan fingerprint density at radius 3 is 2.20 bits per heavy atom. The standard InChI is InChI=1S/CH3N2O2/c2-3-1(4)5/h2H2,(H,4,5). The van der Waals surface area contributed by atoms with E-state index in [-0.39, 0.29) is 0 Å². The zero-order chi connectivity index (χ0) is 4.28. The Kier molecular flexibility index (Phi) is 1.30. The molecule has 0 spiro atoms. The topological polar surface area (TPSA) is 77.4 Å². The highest BCUT2D eigenvalue weighted by molar-refractivity contribution is 5.62. The van der Waals surface area contributed by atoms with E-state index in [2.05, 4.69) is 11.3 Å². The van der Waals surface area contributed by atoms with Crippen LogP contribution >= 0.6 is 0 Å². The Balaban J connectivity index is 2.85. The first kappa shape index (κ1) is 4.23. The SMILES string of the molecule is N[N]C(=O)O. The summed E-state index contributed by atoms with van der Waals surface area (Å²) in [5, 5.41) is 7.43. The number of nitrogens with two attached hydrogens (primary N) is 1. The van der Waals surface area contributed by atoms with Crippen molar-refractivity contribution in [2.45, 2.75) is 0 Å². The van der Waals surface area contributed by atoms with Gasteiger partial charge in [0.05, 0.1) is 0 Å². The molecule has 4 heteroatoms. The van der Waals surface area contributed by atoms with Gasteiger partial charge in [0.15, 0.2) is 0 Å². The lowest BCUT2D eigenvalue weighted by Crippen LogP contribution is -2.18. The van der Waals surface area contributed by atoms with Crippen LogP contribution in [0.1, 0.15) is 0 Å². The summed E-state index contributed by atoms with van der Waals surface area (Å²) in [6.45, 7) is 0. The minimum absolute atomic E-state index is 1.34. The molecule has 1 amide bonds. The van der Waals surface area contributed by atoms with Gasteiger partial charge in [-0.2, -0.15) is 0 Å². The summed E-state index contributed by atoms with van der Waals surface area (Å²) >= 11 is 0. The van der Waals surface area contributed by atoms with Crippen LogP contribution in [0, 0.1) is 0 Å². The fourth-order valence-corrected chi connectivity index (χ4v) is 0. The van der Waals surface area contributed by atoms with Gasteiger partial charge in [-0.1, -0.05) is 0 Å². The van der Waals surface area contributed by atoms with E-state index in [4.69, 9.17) is 9.90 Å². The molecule has 0 saturated carbocycles. The molecule has 0 aromatic heterocycles. The summed E-state index contributed by atoms with van der Waals surface area (Å²) in [4.78, 5) is 9.08. The highest BCUT2D eigenvalue weighted by Gasteiger charge is 1.82. The van der Waals surface area contributed by atoms with Crippen LogP contribution in [0.3, 0.4) is 0 Å². The molecule has 0 aliphatic heterocycles. The van der Waals surface area contributed by atoms with Crippen LogP contribution in [0.15, 0.2) is 0 Å². The van der Waals surface area contributed by atoms with Gasteiger partial charge in [0.2, 0.25) is 0 Å². The molecule has 0 rings (SSSR count). The van der Waals surface area contributed by atoms with Gasteiger partial charge in [-0.3, -0.25) is 0 Å². The fraction of sp³-hybridized carbons (Fsp3) is 0. The number of carboxylic acid groups (broad SMARTS) is 1. The lowest BCUT2D eigenvalue weighted by Gasteiger charge is -1.73. The first-order chi connectivity index (χ1) is 2.27. The van der Waals surface area contributed by atoms with Crippen molar-refractivity contribution in [2.75, 3.05) is 0 Å². The normalized spacial score (nSPS) is 6.60. The van der Waals surface area contributed by atoms with Gasteiger partial charge in [0.25, 0.3) is 0 Å². The van der Waals surface area contributed by atoms with Crippen molar-refractivity contribution in [3.63, 3.8) is 0 Å². The number of carbonyl (C=O) groups is 1. The minimum Gasteiger partial charge on any atom is -0.463 e. The Labute approximate surface area is 28.6 Å². The number of nitrogens with zero attached hydrogens (tertiary/aromatic N) is 1. The second kappa shape index (κ2) is 1.54. The van der Waals surface area contributed by atoms with Crippen LogP contribution in [0.5, 0.6) is 0 Å². The third-order valence-electron chi connectivity index (χ3n) is 0.110. The Morgan fingerprint density at radius 1 is 2.00 bits per heavy atom. The largest absolute Gasteiger partial charge is 0.463 e. The number of amides is 1. The molecule has 0 fully saturated rings. The van der Waals surface area contributed by atoms with Crippen LogP contribution in [-0.4, -0.2) is 11.2 Å². The van der Waals surface area contributed by atoms with Gasteiger partial charge in [0, 0.05) is 0 Å². The molecule has 1 radical (unpaired) electrons. The molecule has 0 aromatic rings. The molecule has 0 saturated heterocycles. The lowest BCUT2D eigenvalue weighted by atomic mass is 11.3. The van der Waals surface area contributed by atoms with Crippen LogP contribution in [0.2, 0.25) is 0 Å². The molecule has 29 valence electrons. The smallest absolute Gasteiger partial charge is 0.442 e. The predicted molar refractivity (Wildman–Crippen MR) is 14.3 cm³/mol. The van der Waals surface area contributed by atoms with Crippen LogP contribution < -0.4 is 11.3 Å². The summed E-state index contributed by atoms with van der Waals surface area (Å²) < 4.78 is 0. The van der Waals surface area contributed by atoms with Crippen molar-refractivity contribution >= 4 is 6.09 Å². The number of hydrogen-bond acceptors (Lipinski definition) is 2. The maximum Gasteiger partial charge on any atom is 0.442 e. The maximum absolute atomic E-state index is 9.08. The Bertz CT molecular complexity index is 42.9. The van der Waals surface area contributed by atoms with Crippen molar-refractivity contribution in [3.05, 3.63) is 0 Å². The van der Waals surface area contributed by atoms with Crippen LogP contribution in [-0.2, 0) is 0 Å². The second-order valence-electron chi connectivity index (χ2n) is 0.412. The third kappa shape index (κ3) is 3.23. The van der Waals surface area contributed by atoms with Crippen molar-refractivity contribution in [2.24, 2.45) is 5.84 Å². The monoisotopic (exact) mass is 75.0 g/mol. The molecule has 4 nitrogen and oxygen atoms in total. The summed E-state index contributed by atoms with van der Waals surface area (Å²) in [6.07, 6.45) is -1.34. The van der Waals surface area contributed by atoms with E-state index in [9.17, 15) is 0 Å². The second-order valence-corrected chi connectivity index (χ2v) is 0.412. The van der Waals surface area contributed by atoms with Gasteiger partial charge in [-0.05, 0) is 0 Å². The van der Waals surface area contributed by atoms with Crippen LogP contribution in [0.25, 0.3) is 0 Å². The van der Waals surface area contributed by atoms with Crippen LogP contribution in [0.4, 0.5) is 4.79 Å². The van der Waals surface area contributed by atoms with Gasteiger partial charge in [-0.15, -0.1) is 5.43 Å². The molecule has 0 atom stereocenters. The summed E-state index contributed by atoms with van der Waals surface area (Å²) in [5.41, 5.74) is 2.31. The molecular formula is CH3N2O2. The lowest BCUT2D eigenvalue weighted by molar-refractivity contribution is 0.193. The molecule has 3 N–H and O–H groups in total. The quantitative estimate of drug-likeness (QED) is 0.223. The zero-order valence-corrected chi connectivity index (χ0v) is 2.38. The summed E-state index contributed by atoms with van der Waals surface area (Å²) in [6, 6.07) is 0. The zero-order valence-electron chi connectivity index (χ0n) is 2.38. The van der Waals surface area contributed by atoms with Gasteiger partial charge in [0.1, 0.15) is 0 Å². The maximum atomic E-state index is 9.08. The minimum atomic E-state index is -1.34. The summed E-state index contributed by atoms with van der Waals surface area (Å²) in [5.74, 6) is 4.20. The molecule has 0 bridgehead atoms. The fourth-order valence-electron chi connectivity index (χ4n) is 0. The average Bonchev–Trinajstić information content (AvgIpc) is 1.38. The molecule has 0 aliphatic rings. The van der Waals surface area contributed by atoms with E-state index < -0.39 is 6.09 Å². The molecule has 0 unspecified atom stereocenters. The van der Waals surface area contributed by atoms with E-state index in [1.165, 1.54) is 0 Å². The number of rotatable bonds is 0. The predicted octanol–water partition coefficient (Wildman–Crippen LogP) is -0.857. The Hall–Kier alpha value is -0.770. The van der Waals surface area contributed by atoms with E-state index in [0.717, 1.165) is 0 Å². The van der Waals surface area contributed by atoms with E-state index in [1.807, 2.05) is 0 Å². The third-order valence-corrected chi connectivity index (χ3v) is 0.110. The molecule has 0 aliphatic carbocycles. The van der Waals surface area contributed by atoms with Gasteiger partial charge in [-0.25, -0.2) is 10.6 Å². The summed E-state index contributed by atoms with van der Waals surface area (Å²) in [7, 11) is 0. The number of hydrogen-bond donors (Lipinski definition) is 2.